The van der Waals surface area contributed by atoms with Crippen LogP contribution in [0, 0.1) is 11.8 Å². The summed E-state index contributed by atoms with van der Waals surface area (Å²) >= 11 is 0. The van der Waals surface area contributed by atoms with E-state index in [4.69, 9.17) is 42.2 Å². The molecule has 3 aliphatic rings. The molecule has 3 fully saturated rings. The van der Waals surface area contributed by atoms with Crippen molar-refractivity contribution in [3.05, 3.63) is 0 Å². The average Bonchev–Trinajstić information content (AvgIpc) is 0.761. The Kier molecular flexibility index (Phi) is 54.4. The molecule has 20 unspecified atom stereocenters. The number of unbranched alkanes of at least 4 members (excludes halogenated alkanes) is 36. The molecule has 614 valence electrons. The average molecular weight is 1510 g/mol. The first-order chi connectivity index (χ1) is 50.1. The highest BCUT2D eigenvalue weighted by Gasteiger charge is 2.58. The van der Waals surface area contributed by atoms with E-state index in [0.717, 1.165) is 96.3 Å². The molecule has 0 spiro atoms. The molecule has 0 bridgehead atoms. The van der Waals surface area contributed by atoms with E-state index in [9.17, 15) is 74.9 Å². The molecule has 1 aliphatic carbocycles. The lowest BCUT2D eigenvalue weighted by Gasteiger charge is -2.49. The highest BCUT2D eigenvalue weighted by molar-refractivity contribution is 7.47. The first-order valence-electron chi connectivity index (χ1n) is 41.6. The second-order valence-electron chi connectivity index (χ2n) is 30.7. The third-order valence-corrected chi connectivity index (χ3v) is 22.2. The Balaban J connectivity index is 1.71. The summed E-state index contributed by atoms with van der Waals surface area (Å²) in [5.41, 5.74) is 0. The lowest BCUT2D eigenvalue weighted by Crippen LogP contribution is -2.69. The van der Waals surface area contributed by atoms with Crippen molar-refractivity contribution >= 4 is 25.7 Å². The van der Waals surface area contributed by atoms with Gasteiger partial charge in [0.15, 0.2) is 18.7 Å². The maximum Gasteiger partial charge on any atom is 0.472 e. The molecule has 0 aromatic carbocycles. The molecule has 20 atom stereocenters. The molecule has 3 rings (SSSR count). The summed E-state index contributed by atoms with van der Waals surface area (Å²) in [4.78, 5) is 51.3. The van der Waals surface area contributed by atoms with Crippen molar-refractivity contribution in [2.45, 2.75) is 447 Å². The number of carbonyl (C=O) groups is 3. The van der Waals surface area contributed by atoms with Crippen molar-refractivity contribution in [2.24, 2.45) is 11.8 Å². The first-order valence-corrected chi connectivity index (χ1v) is 43.1. The smallest absolute Gasteiger partial charge is 0.463 e. The predicted molar refractivity (Wildman–Crippen MR) is 398 cm³/mol. The summed E-state index contributed by atoms with van der Waals surface area (Å²) < 4.78 is 65.4. The topological polar surface area (TPSA) is 374 Å². The van der Waals surface area contributed by atoms with Gasteiger partial charge in [-0.15, -0.1) is 0 Å². The van der Waals surface area contributed by atoms with Crippen molar-refractivity contribution in [1.29, 1.82) is 0 Å². The lowest BCUT2D eigenvalue weighted by molar-refractivity contribution is -0.360. The summed E-state index contributed by atoms with van der Waals surface area (Å²) in [6.45, 7) is 8.16. The van der Waals surface area contributed by atoms with Crippen LogP contribution in [0.5, 0.6) is 0 Å². The molecule has 24 nitrogen and oxygen atoms in total. The molecule has 1 saturated carbocycles. The van der Waals surface area contributed by atoms with Gasteiger partial charge in [-0.1, -0.05) is 304 Å². The van der Waals surface area contributed by atoms with E-state index in [2.05, 4.69) is 34.6 Å². The van der Waals surface area contributed by atoms with Gasteiger partial charge < -0.3 is 89.1 Å². The fourth-order valence-electron chi connectivity index (χ4n) is 14.3. The summed E-state index contributed by atoms with van der Waals surface area (Å²) in [6.07, 6.45) is 15.7. The van der Waals surface area contributed by atoms with Gasteiger partial charge in [0.1, 0.15) is 98.7 Å². The highest BCUT2D eigenvalue weighted by atomic mass is 31.2. The van der Waals surface area contributed by atoms with Crippen molar-refractivity contribution in [3.63, 3.8) is 0 Å². The maximum absolute atomic E-state index is 14.4. The Bertz CT molecular complexity index is 2170. The normalized spacial score (nSPS) is 27.3. The molecule has 0 amide bonds. The monoisotopic (exact) mass is 1510 g/mol. The zero-order chi connectivity index (χ0) is 76.3. The molecule has 0 aromatic heterocycles. The van der Waals surface area contributed by atoms with Crippen LogP contribution in [0.3, 0.4) is 0 Å². The molecule has 2 aliphatic heterocycles. The minimum Gasteiger partial charge on any atom is -0.463 e. The van der Waals surface area contributed by atoms with Crippen LogP contribution >= 0.6 is 7.82 Å². The Morgan fingerprint density at radius 3 is 1.04 bits per heavy atom. The van der Waals surface area contributed by atoms with Gasteiger partial charge in [-0.2, -0.15) is 0 Å². The third kappa shape index (κ3) is 41.3. The molecule has 0 radical (unpaired) electrons. The van der Waals surface area contributed by atoms with E-state index < -0.39 is 156 Å². The fourth-order valence-corrected chi connectivity index (χ4v) is 15.2. The summed E-state index contributed by atoms with van der Waals surface area (Å²) in [7, 11) is -5.70. The van der Waals surface area contributed by atoms with E-state index in [-0.39, 0.29) is 19.3 Å². The molecule has 25 heteroatoms. The second-order valence-corrected chi connectivity index (χ2v) is 32.2. The predicted octanol–water partition coefficient (Wildman–Crippen LogP) is 13.0. The summed E-state index contributed by atoms with van der Waals surface area (Å²) in [5.74, 6) is -0.577. The number of rotatable bonds is 65. The quantitative estimate of drug-likeness (QED) is 0.0117. The minimum atomic E-state index is -5.70. The third-order valence-electron chi connectivity index (χ3n) is 21.2. The Morgan fingerprint density at radius 1 is 0.365 bits per heavy atom. The van der Waals surface area contributed by atoms with Crippen LogP contribution in [-0.4, -0.2) is 204 Å². The number of esters is 3. The Hall–Kier alpha value is -2.04. The van der Waals surface area contributed by atoms with E-state index in [0.29, 0.717) is 31.1 Å². The lowest BCUT2D eigenvalue weighted by atomic mass is 9.84. The Morgan fingerprint density at radius 2 is 0.673 bits per heavy atom. The van der Waals surface area contributed by atoms with Crippen LogP contribution in [0.15, 0.2) is 0 Å². The number of aliphatic hydroxyl groups is 10. The fraction of sp³-hybridized carbons (Fsp3) is 0.962. The molecular weight excluding hydrogens is 1360 g/mol. The number of carbonyl (C=O) groups excluding carboxylic acids is 3. The van der Waals surface area contributed by atoms with Gasteiger partial charge in [0.2, 0.25) is 0 Å². The van der Waals surface area contributed by atoms with Crippen LogP contribution in [-0.2, 0) is 61.2 Å². The largest absolute Gasteiger partial charge is 0.472 e. The first kappa shape index (κ1) is 96.2. The van der Waals surface area contributed by atoms with Gasteiger partial charge in [-0.05, 0) is 31.1 Å². The van der Waals surface area contributed by atoms with Gasteiger partial charge in [-0.3, -0.25) is 23.4 Å². The molecule has 2 heterocycles. The number of hydrogen-bond donors (Lipinski definition) is 11. The van der Waals surface area contributed by atoms with Crippen LogP contribution in [0.4, 0.5) is 0 Å². The van der Waals surface area contributed by atoms with Gasteiger partial charge in [-0.25, -0.2) is 4.57 Å². The molecule has 0 aromatic rings. The van der Waals surface area contributed by atoms with Crippen molar-refractivity contribution < 1.29 is 117 Å². The number of ether oxygens (including phenoxy) is 7. The summed E-state index contributed by atoms with van der Waals surface area (Å²) in [6, 6.07) is 0. The van der Waals surface area contributed by atoms with Gasteiger partial charge in [0, 0.05) is 19.3 Å². The van der Waals surface area contributed by atoms with Gasteiger partial charge in [0.25, 0.3) is 0 Å². The van der Waals surface area contributed by atoms with Crippen LogP contribution in [0.25, 0.3) is 0 Å². The summed E-state index contributed by atoms with van der Waals surface area (Å²) in [5, 5.41) is 110. The molecular formula is C79H149O24P. The van der Waals surface area contributed by atoms with E-state index in [1.807, 2.05) is 0 Å². The zero-order valence-corrected chi connectivity index (χ0v) is 65.8. The van der Waals surface area contributed by atoms with Crippen LogP contribution in [0.1, 0.15) is 343 Å². The maximum atomic E-state index is 14.4. The number of phosphoric ester groups is 1. The van der Waals surface area contributed by atoms with Crippen molar-refractivity contribution in [1.82, 2.24) is 0 Å². The van der Waals surface area contributed by atoms with E-state index in [1.54, 1.807) is 0 Å². The number of phosphoric acid groups is 1. The van der Waals surface area contributed by atoms with Crippen LogP contribution < -0.4 is 0 Å². The SMILES string of the molecule is CCCCCCCCCCCCCCCCCCCC(=O)OC(COC(=O)CCCCCCCCC(C)CCCCCCCC)COP(=O)(O)OC1C(OC2OC(CO)C(O)C(O)C2O)C(O)C(O)C(O)C1OC1OC(COC(=O)CCCCCCCCC(C)CCCCCCCC)C(O)C(O)C1O. The van der Waals surface area contributed by atoms with Crippen LogP contribution in [0.2, 0.25) is 0 Å². The Labute approximate surface area is 625 Å². The molecule has 104 heavy (non-hydrogen) atoms. The zero-order valence-electron chi connectivity index (χ0n) is 64.9. The highest BCUT2D eigenvalue weighted by Crippen LogP contribution is 2.49. The van der Waals surface area contributed by atoms with E-state index >= 15 is 0 Å². The van der Waals surface area contributed by atoms with E-state index in [1.165, 1.54) is 173 Å². The minimum absolute atomic E-state index is 0.0307. The standard InChI is InChI=1S/C79H149O24P/c1-6-9-12-15-18-19-20-21-22-23-24-25-26-27-28-39-46-53-65(83)98-60(55-95-63(81)51-44-37-31-29-35-42-49-58(4)47-40-33-16-13-10-7-2)56-97-104(93,94)103-77-75(101-78-73(91)68(86)66(84)61(54-80)99-78)71(89)70(88)72(90)76(77)102-79-74(92)69(87)67(85)62(100-79)57-96-64(82)52-45-38-32-30-36-43-50-59(5)48-41-34-17-14-11-8-3/h58-62,66-80,84-92H,6-57H2,1-5H3,(H,93,94). The van der Waals surface area contributed by atoms with Gasteiger partial charge in [0.05, 0.1) is 13.2 Å². The molecule has 11 N–H and O–H groups in total. The molecule has 2 saturated heterocycles. The van der Waals surface area contributed by atoms with Gasteiger partial charge >= 0.3 is 25.7 Å². The van der Waals surface area contributed by atoms with Crippen molar-refractivity contribution in [3.8, 4) is 0 Å². The second kappa shape index (κ2) is 58.8. The number of hydrogen-bond acceptors (Lipinski definition) is 23. The number of aliphatic hydroxyl groups excluding tert-OH is 10. The van der Waals surface area contributed by atoms with Crippen molar-refractivity contribution in [2.75, 3.05) is 26.4 Å².